The molecular formula is C24H31N3O2. The van der Waals surface area contributed by atoms with Gasteiger partial charge in [-0.3, -0.25) is 0 Å². The minimum atomic E-state index is 0.192. The van der Waals surface area contributed by atoms with Crippen LogP contribution in [0.1, 0.15) is 42.5 Å². The number of likely N-dealkylation sites (tertiary alicyclic amines) is 1. The monoisotopic (exact) mass is 393 g/mol. The fourth-order valence-electron chi connectivity index (χ4n) is 4.28. The highest BCUT2D eigenvalue weighted by Gasteiger charge is 2.37. The van der Waals surface area contributed by atoms with E-state index in [1.54, 1.807) is 7.11 Å². The van der Waals surface area contributed by atoms with E-state index >= 15 is 0 Å². The molecule has 5 nitrogen and oxygen atoms in total. The lowest BCUT2D eigenvalue weighted by molar-refractivity contribution is 0.228. The number of piperidine rings is 1. The average Bonchev–Trinajstić information content (AvgIpc) is 3.16. The molecule has 0 bridgehead atoms. The third kappa shape index (κ3) is 4.40. The highest BCUT2D eigenvalue weighted by atomic mass is 16.5. The van der Waals surface area contributed by atoms with Crippen LogP contribution in [0.2, 0.25) is 0 Å². The van der Waals surface area contributed by atoms with Gasteiger partial charge in [0.05, 0.1) is 13.2 Å². The average molecular weight is 394 g/mol. The summed E-state index contributed by atoms with van der Waals surface area (Å²) in [5.41, 5.74) is 8.29. The van der Waals surface area contributed by atoms with E-state index < -0.39 is 0 Å². The van der Waals surface area contributed by atoms with E-state index in [2.05, 4.69) is 65.7 Å². The van der Waals surface area contributed by atoms with Crippen molar-refractivity contribution in [1.82, 2.24) is 10.3 Å². The molecule has 2 atom stereocenters. The van der Waals surface area contributed by atoms with Gasteiger partial charge in [0, 0.05) is 31.1 Å². The zero-order valence-electron chi connectivity index (χ0n) is 17.6. The van der Waals surface area contributed by atoms with Crippen molar-refractivity contribution in [2.24, 2.45) is 11.0 Å². The normalized spacial score (nSPS) is 21.3. The van der Waals surface area contributed by atoms with E-state index in [4.69, 9.17) is 9.47 Å². The molecule has 5 heteroatoms. The van der Waals surface area contributed by atoms with Crippen LogP contribution in [-0.4, -0.2) is 37.4 Å². The predicted octanol–water partition coefficient (Wildman–Crippen LogP) is 4.31. The molecule has 0 aromatic heterocycles. The van der Waals surface area contributed by atoms with E-state index in [1.807, 2.05) is 6.07 Å². The standard InChI is InChI=1S/C24H31N3O2/c1-4-12-27-13-11-21-20(15-27)24(26-25-21)19-9-10-22(28-3)23(14-19)29-16-18-7-5-17(2)6-8-18/h5-10,14,20,24,26H,4,11-13,15-16H2,1-3H3. The molecule has 4 rings (SSSR count). The lowest BCUT2D eigenvalue weighted by atomic mass is 9.86. The van der Waals surface area contributed by atoms with E-state index in [-0.39, 0.29) is 6.04 Å². The quantitative estimate of drug-likeness (QED) is 0.761. The van der Waals surface area contributed by atoms with Crippen molar-refractivity contribution in [1.29, 1.82) is 0 Å². The van der Waals surface area contributed by atoms with Crippen LogP contribution in [0.4, 0.5) is 0 Å². The zero-order chi connectivity index (χ0) is 20.2. The summed E-state index contributed by atoms with van der Waals surface area (Å²) < 4.78 is 11.7. The van der Waals surface area contributed by atoms with Crippen LogP contribution in [0.15, 0.2) is 47.6 Å². The number of methoxy groups -OCH3 is 1. The minimum absolute atomic E-state index is 0.192. The van der Waals surface area contributed by atoms with Gasteiger partial charge >= 0.3 is 0 Å². The van der Waals surface area contributed by atoms with Gasteiger partial charge in [0.25, 0.3) is 0 Å². The number of nitrogens with one attached hydrogen (secondary N) is 1. The first-order valence-electron chi connectivity index (χ1n) is 10.6. The maximum absolute atomic E-state index is 6.15. The minimum Gasteiger partial charge on any atom is -0.493 e. The Morgan fingerprint density at radius 2 is 1.97 bits per heavy atom. The highest BCUT2D eigenvalue weighted by molar-refractivity contribution is 5.90. The molecule has 1 N–H and O–H groups in total. The van der Waals surface area contributed by atoms with Crippen LogP contribution in [-0.2, 0) is 6.61 Å². The molecule has 1 fully saturated rings. The second-order valence-electron chi connectivity index (χ2n) is 8.05. The van der Waals surface area contributed by atoms with E-state index in [9.17, 15) is 0 Å². The third-order valence-electron chi connectivity index (χ3n) is 5.92. The molecule has 2 aromatic rings. The fourth-order valence-corrected chi connectivity index (χ4v) is 4.28. The number of rotatable bonds is 7. The number of nitrogens with zero attached hydrogens (tertiary/aromatic N) is 2. The Labute approximate surface area is 173 Å². The van der Waals surface area contributed by atoms with Crippen molar-refractivity contribution in [3.63, 3.8) is 0 Å². The molecular weight excluding hydrogens is 362 g/mol. The van der Waals surface area contributed by atoms with Crippen LogP contribution in [0.3, 0.4) is 0 Å². The van der Waals surface area contributed by atoms with Crippen molar-refractivity contribution >= 4 is 5.71 Å². The summed E-state index contributed by atoms with van der Waals surface area (Å²) in [5.74, 6) is 1.96. The Morgan fingerprint density at radius 3 is 2.72 bits per heavy atom. The first-order chi connectivity index (χ1) is 14.2. The predicted molar refractivity (Wildman–Crippen MR) is 117 cm³/mol. The van der Waals surface area contributed by atoms with Crippen LogP contribution >= 0.6 is 0 Å². The van der Waals surface area contributed by atoms with Crippen molar-refractivity contribution < 1.29 is 9.47 Å². The van der Waals surface area contributed by atoms with Gasteiger partial charge in [-0.05, 0) is 43.1 Å². The first kappa shape index (κ1) is 19.8. The Morgan fingerprint density at radius 1 is 1.14 bits per heavy atom. The molecule has 0 spiro atoms. The lowest BCUT2D eigenvalue weighted by Crippen LogP contribution is -2.42. The van der Waals surface area contributed by atoms with Gasteiger partial charge in [0.1, 0.15) is 6.61 Å². The van der Waals surface area contributed by atoms with Crippen molar-refractivity contribution in [3.05, 3.63) is 59.2 Å². The van der Waals surface area contributed by atoms with E-state index in [0.29, 0.717) is 12.5 Å². The second-order valence-corrected chi connectivity index (χ2v) is 8.05. The van der Waals surface area contributed by atoms with Crippen LogP contribution in [0.25, 0.3) is 0 Å². The number of benzene rings is 2. The first-order valence-corrected chi connectivity index (χ1v) is 10.6. The Bertz CT molecular complexity index is 863. The Kier molecular flexibility index (Phi) is 6.05. The van der Waals surface area contributed by atoms with Gasteiger partial charge in [-0.25, -0.2) is 0 Å². The summed E-state index contributed by atoms with van der Waals surface area (Å²) in [7, 11) is 1.69. The number of hydrazone groups is 1. The SMILES string of the molecule is CCCN1CCC2=NNC(c3ccc(OC)c(OCc4ccc(C)cc4)c3)C2C1. The van der Waals surface area contributed by atoms with Gasteiger partial charge in [-0.1, -0.05) is 42.8 Å². The molecule has 2 unspecified atom stereocenters. The molecule has 0 radical (unpaired) electrons. The number of fused-ring (bicyclic) bond motifs is 1. The molecule has 2 aliphatic heterocycles. The molecule has 2 aromatic carbocycles. The van der Waals surface area contributed by atoms with Crippen LogP contribution < -0.4 is 14.9 Å². The highest BCUT2D eigenvalue weighted by Crippen LogP contribution is 2.37. The summed E-state index contributed by atoms with van der Waals surface area (Å²) >= 11 is 0. The second kappa shape index (κ2) is 8.87. The number of hydrogen-bond donors (Lipinski definition) is 1. The van der Waals surface area contributed by atoms with Gasteiger partial charge in [-0.15, -0.1) is 0 Å². The summed E-state index contributed by atoms with van der Waals surface area (Å²) in [6.45, 7) is 8.20. The smallest absolute Gasteiger partial charge is 0.162 e. The molecule has 29 heavy (non-hydrogen) atoms. The van der Waals surface area contributed by atoms with Crippen molar-refractivity contribution in [3.8, 4) is 11.5 Å². The van der Waals surface area contributed by atoms with Gasteiger partial charge < -0.3 is 19.8 Å². The summed E-state index contributed by atoms with van der Waals surface area (Å²) in [6, 6.07) is 14.9. The third-order valence-corrected chi connectivity index (χ3v) is 5.92. The lowest BCUT2D eigenvalue weighted by Gasteiger charge is -2.33. The Hall–Kier alpha value is -2.53. The van der Waals surface area contributed by atoms with Crippen molar-refractivity contribution in [2.75, 3.05) is 26.7 Å². The molecule has 154 valence electrons. The molecule has 0 saturated carbocycles. The topological polar surface area (TPSA) is 46.1 Å². The maximum Gasteiger partial charge on any atom is 0.162 e. The van der Waals surface area contributed by atoms with E-state index in [1.165, 1.54) is 23.3 Å². The van der Waals surface area contributed by atoms with Gasteiger partial charge in [0.2, 0.25) is 0 Å². The van der Waals surface area contributed by atoms with Crippen LogP contribution in [0.5, 0.6) is 11.5 Å². The summed E-state index contributed by atoms with van der Waals surface area (Å²) in [4.78, 5) is 2.56. The number of aryl methyl sites for hydroxylation is 1. The van der Waals surface area contributed by atoms with Gasteiger partial charge in [0.15, 0.2) is 11.5 Å². The summed E-state index contributed by atoms with van der Waals surface area (Å²) in [5, 5.41) is 4.65. The fraction of sp³-hybridized carbons (Fsp3) is 0.458. The van der Waals surface area contributed by atoms with Crippen molar-refractivity contribution in [2.45, 2.75) is 39.3 Å². The van der Waals surface area contributed by atoms with E-state index in [0.717, 1.165) is 43.1 Å². The van der Waals surface area contributed by atoms with Crippen LogP contribution in [0, 0.1) is 12.8 Å². The molecule has 2 heterocycles. The molecule has 0 aliphatic carbocycles. The van der Waals surface area contributed by atoms with Gasteiger partial charge in [-0.2, -0.15) is 5.10 Å². The maximum atomic E-state index is 6.15. The molecule has 0 amide bonds. The summed E-state index contributed by atoms with van der Waals surface area (Å²) in [6.07, 6.45) is 2.25. The Balaban J connectivity index is 1.51. The number of hydrogen-bond acceptors (Lipinski definition) is 5. The zero-order valence-corrected chi connectivity index (χ0v) is 17.6. The molecule has 2 aliphatic rings. The largest absolute Gasteiger partial charge is 0.493 e. The number of ether oxygens (including phenoxy) is 2. The molecule has 1 saturated heterocycles.